The number of carbonyl (C=O) groups is 3. The number of imide groups is 1. The number of nitrogens with zero attached hydrogens (tertiary/aromatic N) is 1. The van der Waals surface area contributed by atoms with E-state index >= 15 is 0 Å². The molecule has 0 bridgehead atoms. The maximum atomic E-state index is 12.8. The molecule has 0 aliphatic carbocycles. The smallest absolute Gasteiger partial charge is 0.294 e. The zero-order chi connectivity index (χ0) is 25.7. The number of thioether (sulfide) groups is 1. The Bertz CT molecular complexity index is 1330. The maximum absolute atomic E-state index is 12.8. The minimum atomic E-state index is -0.513. The van der Waals surface area contributed by atoms with Crippen LogP contribution in [0.1, 0.15) is 11.1 Å². The van der Waals surface area contributed by atoms with Gasteiger partial charge in [-0.15, -0.1) is 0 Å². The van der Waals surface area contributed by atoms with Gasteiger partial charge >= 0.3 is 0 Å². The third-order valence-corrected chi connectivity index (χ3v) is 7.44. The lowest BCUT2D eigenvalue weighted by Gasteiger charge is -2.13. The van der Waals surface area contributed by atoms with Crippen LogP contribution in [0.25, 0.3) is 6.08 Å². The fourth-order valence-corrected chi connectivity index (χ4v) is 4.86. The van der Waals surface area contributed by atoms with Crippen LogP contribution in [0.4, 0.5) is 10.5 Å². The summed E-state index contributed by atoms with van der Waals surface area (Å²) in [6.45, 7) is 0.0262. The highest BCUT2D eigenvalue weighted by Gasteiger charge is 2.36. The molecule has 7 nitrogen and oxygen atoms in total. The molecule has 0 aromatic heterocycles. The summed E-state index contributed by atoms with van der Waals surface area (Å²) in [4.78, 5) is 38.8. The molecule has 4 rings (SSSR count). The predicted molar refractivity (Wildman–Crippen MR) is 157 cm³/mol. The maximum Gasteiger partial charge on any atom is 0.294 e. The summed E-state index contributed by atoms with van der Waals surface area (Å²) >= 11 is 5.21. The molecular formula is C26H20I2N2O5S. The Balaban J connectivity index is 1.42. The van der Waals surface area contributed by atoms with Crippen molar-refractivity contribution in [3.05, 3.63) is 89.9 Å². The summed E-state index contributed by atoms with van der Waals surface area (Å²) in [7, 11) is 1.54. The van der Waals surface area contributed by atoms with E-state index in [2.05, 4.69) is 50.5 Å². The van der Waals surface area contributed by atoms with Crippen molar-refractivity contribution in [2.75, 3.05) is 19.0 Å². The minimum absolute atomic E-state index is 0.233. The van der Waals surface area contributed by atoms with Gasteiger partial charge in [-0.25, -0.2) is 0 Å². The molecule has 3 aromatic rings. The SMILES string of the molecule is COc1cc(/C=C2\SC(=O)N(CC(=O)Nc3ccc(I)cc3)C2=O)ccc1OCc1ccc(I)cc1. The molecule has 1 fully saturated rings. The number of methoxy groups -OCH3 is 1. The lowest BCUT2D eigenvalue weighted by Crippen LogP contribution is -2.36. The van der Waals surface area contributed by atoms with Gasteiger partial charge in [0.05, 0.1) is 12.0 Å². The number of hydrogen-bond acceptors (Lipinski definition) is 6. The van der Waals surface area contributed by atoms with Crippen LogP contribution in [0, 0.1) is 7.14 Å². The van der Waals surface area contributed by atoms with Gasteiger partial charge in [0.25, 0.3) is 11.1 Å². The van der Waals surface area contributed by atoms with E-state index in [1.807, 2.05) is 36.4 Å². The fourth-order valence-electron chi connectivity index (χ4n) is 3.30. The number of ether oxygens (including phenoxy) is 2. The predicted octanol–water partition coefficient (Wildman–Crippen LogP) is 6.16. The van der Waals surface area contributed by atoms with E-state index in [0.717, 1.165) is 29.4 Å². The van der Waals surface area contributed by atoms with Crippen LogP contribution in [0.15, 0.2) is 71.6 Å². The van der Waals surface area contributed by atoms with Crippen molar-refractivity contribution < 1.29 is 23.9 Å². The first kappa shape index (κ1) is 26.5. The zero-order valence-corrected chi connectivity index (χ0v) is 24.1. The summed E-state index contributed by atoms with van der Waals surface area (Å²) < 4.78 is 13.6. The van der Waals surface area contributed by atoms with Gasteiger partial charge in [-0.05, 0) is 123 Å². The van der Waals surface area contributed by atoms with Crippen molar-refractivity contribution in [3.63, 3.8) is 0 Å². The fraction of sp³-hybridized carbons (Fsp3) is 0.115. The summed E-state index contributed by atoms with van der Waals surface area (Å²) in [5.74, 6) is 0.107. The lowest BCUT2D eigenvalue weighted by molar-refractivity contribution is -0.127. The molecule has 1 heterocycles. The standard InChI is InChI=1S/C26H20I2N2O5S/c1-34-22-12-17(4-11-21(22)35-15-16-2-5-18(27)6-3-16)13-23-25(32)30(26(33)36-23)14-24(31)29-20-9-7-19(28)8-10-20/h2-13H,14-15H2,1H3,(H,29,31)/b23-13-. The summed E-state index contributed by atoms with van der Waals surface area (Å²) in [5.41, 5.74) is 2.29. The third kappa shape index (κ3) is 6.79. The number of carbonyl (C=O) groups excluding carboxylic acids is 3. The molecule has 0 saturated carbocycles. The average Bonchev–Trinajstić information content (AvgIpc) is 3.12. The first-order valence-corrected chi connectivity index (χ1v) is 13.7. The van der Waals surface area contributed by atoms with E-state index in [-0.39, 0.29) is 11.4 Å². The van der Waals surface area contributed by atoms with Crippen molar-refractivity contribution in [3.8, 4) is 11.5 Å². The monoisotopic (exact) mass is 726 g/mol. The van der Waals surface area contributed by atoms with Gasteiger partial charge in [-0.1, -0.05) is 18.2 Å². The van der Waals surface area contributed by atoms with Crippen LogP contribution in [0.5, 0.6) is 11.5 Å². The number of amides is 3. The van der Waals surface area contributed by atoms with Crippen molar-refractivity contribution in [1.82, 2.24) is 4.90 Å². The first-order chi connectivity index (χ1) is 17.3. The van der Waals surface area contributed by atoms with Crippen LogP contribution < -0.4 is 14.8 Å². The molecule has 3 amide bonds. The van der Waals surface area contributed by atoms with Gasteiger partial charge in [0.1, 0.15) is 13.2 Å². The Kier molecular flexibility index (Phi) is 8.90. The molecule has 0 spiro atoms. The Labute approximate surface area is 239 Å². The molecule has 0 atom stereocenters. The first-order valence-electron chi connectivity index (χ1n) is 10.7. The van der Waals surface area contributed by atoms with Gasteiger partial charge in [-0.2, -0.15) is 0 Å². The number of nitrogens with one attached hydrogen (secondary N) is 1. The van der Waals surface area contributed by atoms with Crippen LogP contribution in [-0.2, 0) is 16.2 Å². The van der Waals surface area contributed by atoms with Crippen molar-refractivity contribution >= 4 is 85.8 Å². The Morgan fingerprint density at radius 1 is 0.972 bits per heavy atom. The second kappa shape index (κ2) is 12.1. The van der Waals surface area contributed by atoms with E-state index < -0.39 is 17.1 Å². The van der Waals surface area contributed by atoms with Gasteiger partial charge in [0.15, 0.2) is 11.5 Å². The van der Waals surface area contributed by atoms with E-state index in [1.165, 1.54) is 7.11 Å². The van der Waals surface area contributed by atoms with Crippen LogP contribution in [-0.4, -0.2) is 35.6 Å². The van der Waals surface area contributed by atoms with Crippen molar-refractivity contribution in [2.45, 2.75) is 6.61 Å². The van der Waals surface area contributed by atoms with Gasteiger partial charge in [0.2, 0.25) is 5.91 Å². The lowest BCUT2D eigenvalue weighted by atomic mass is 10.1. The van der Waals surface area contributed by atoms with Crippen LogP contribution >= 0.6 is 56.9 Å². The van der Waals surface area contributed by atoms with E-state index in [0.29, 0.717) is 29.4 Å². The molecule has 36 heavy (non-hydrogen) atoms. The highest BCUT2D eigenvalue weighted by atomic mass is 127. The Hall–Kier alpha value is -2.58. The molecule has 1 aliphatic heterocycles. The largest absolute Gasteiger partial charge is 0.493 e. The number of halogens is 2. The van der Waals surface area contributed by atoms with Crippen molar-refractivity contribution in [1.29, 1.82) is 0 Å². The number of hydrogen-bond donors (Lipinski definition) is 1. The van der Waals surface area contributed by atoms with Gasteiger partial charge < -0.3 is 14.8 Å². The number of benzene rings is 3. The third-order valence-electron chi connectivity index (χ3n) is 5.10. The second-order valence-electron chi connectivity index (χ2n) is 7.65. The summed E-state index contributed by atoms with van der Waals surface area (Å²) in [6.07, 6.45) is 1.60. The van der Waals surface area contributed by atoms with Gasteiger partial charge in [-0.3, -0.25) is 19.3 Å². The highest BCUT2D eigenvalue weighted by molar-refractivity contribution is 14.1. The summed E-state index contributed by atoms with van der Waals surface area (Å²) in [5, 5.41) is 2.21. The molecule has 0 radical (unpaired) electrons. The topological polar surface area (TPSA) is 84.9 Å². The Morgan fingerprint density at radius 3 is 2.31 bits per heavy atom. The molecule has 1 N–H and O–H groups in total. The molecule has 184 valence electrons. The van der Waals surface area contributed by atoms with Crippen LogP contribution in [0.2, 0.25) is 0 Å². The zero-order valence-electron chi connectivity index (χ0n) is 19.0. The summed E-state index contributed by atoms with van der Waals surface area (Å²) in [6, 6.07) is 20.5. The molecule has 10 heteroatoms. The molecular weight excluding hydrogens is 706 g/mol. The van der Waals surface area contributed by atoms with Crippen molar-refractivity contribution in [2.24, 2.45) is 0 Å². The molecule has 1 saturated heterocycles. The second-order valence-corrected chi connectivity index (χ2v) is 11.1. The molecule has 1 aliphatic rings. The van der Waals surface area contributed by atoms with Gasteiger partial charge in [0, 0.05) is 12.8 Å². The number of rotatable bonds is 8. The Morgan fingerprint density at radius 2 is 1.64 bits per heavy atom. The van der Waals surface area contributed by atoms with E-state index in [4.69, 9.17) is 9.47 Å². The quantitative estimate of drug-likeness (QED) is 0.221. The van der Waals surface area contributed by atoms with Crippen LogP contribution in [0.3, 0.4) is 0 Å². The average molecular weight is 726 g/mol. The molecule has 3 aromatic carbocycles. The molecule has 0 unspecified atom stereocenters. The highest BCUT2D eigenvalue weighted by Crippen LogP contribution is 2.34. The minimum Gasteiger partial charge on any atom is -0.493 e. The van der Waals surface area contributed by atoms with E-state index in [9.17, 15) is 14.4 Å². The normalized spacial score (nSPS) is 14.3. The van der Waals surface area contributed by atoms with E-state index in [1.54, 1.807) is 36.4 Å². The number of anilines is 1.